The number of nitrogens with one attached hydrogen (secondary N) is 1. The van der Waals surface area contributed by atoms with Gasteiger partial charge < -0.3 is 14.5 Å². The maximum absolute atomic E-state index is 5.93. The lowest BCUT2D eigenvalue weighted by atomic mass is 10.0. The Kier molecular flexibility index (Phi) is 4.57. The number of hydrogen-bond acceptors (Lipinski definition) is 4. The molecule has 0 aliphatic carbocycles. The number of hydrogen-bond donors (Lipinski definition) is 1. The van der Waals surface area contributed by atoms with Crippen molar-refractivity contribution < 1.29 is 9.15 Å². The molecular weight excluding hydrogens is 252 g/mol. The minimum atomic E-state index is 0.0782. The summed E-state index contributed by atoms with van der Waals surface area (Å²) >= 11 is 0. The molecule has 2 heterocycles. The molecule has 4 nitrogen and oxygen atoms in total. The maximum Gasteiger partial charge on any atom is 0.118 e. The molecule has 0 atom stereocenters. The number of furan rings is 1. The van der Waals surface area contributed by atoms with Gasteiger partial charge in [0, 0.05) is 17.6 Å². The molecule has 1 saturated heterocycles. The Morgan fingerprint density at radius 3 is 2.60 bits per heavy atom. The molecule has 0 amide bonds. The molecule has 4 heteroatoms. The highest BCUT2D eigenvalue weighted by Gasteiger charge is 2.30. The van der Waals surface area contributed by atoms with Crippen molar-refractivity contribution in [3.05, 3.63) is 23.7 Å². The Morgan fingerprint density at radius 1 is 1.25 bits per heavy atom. The molecule has 1 aromatic heterocycles. The van der Waals surface area contributed by atoms with Crippen molar-refractivity contribution in [2.24, 2.45) is 0 Å². The molecule has 20 heavy (non-hydrogen) atoms. The lowest BCUT2D eigenvalue weighted by Gasteiger charge is -2.41. The van der Waals surface area contributed by atoms with E-state index in [1.54, 1.807) is 0 Å². The number of nitrogens with zero attached hydrogens (tertiary/aromatic N) is 1. The van der Waals surface area contributed by atoms with Crippen LogP contribution in [-0.4, -0.2) is 35.7 Å². The summed E-state index contributed by atoms with van der Waals surface area (Å²) in [6.45, 7) is 15.1. The first-order valence-corrected chi connectivity index (χ1v) is 7.42. The summed E-state index contributed by atoms with van der Waals surface area (Å²) in [5.74, 6) is 2.03. The molecule has 1 fully saturated rings. The fourth-order valence-electron chi connectivity index (χ4n) is 2.33. The zero-order valence-corrected chi connectivity index (χ0v) is 13.5. The van der Waals surface area contributed by atoms with Crippen LogP contribution in [0.25, 0.3) is 0 Å². The third kappa shape index (κ3) is 4.33. The van der Waals surface area contributed by atoms with Gasteiger partial charge in [-0.15, -0.1) is 0 Å². The number of morpholine rings is 1. The van der Waals surface area contributed by atoms with E-state index in [0.29, 0.717) is 0 Å². The maximum atomic E-state index is 5.93. The minimum Gasteiger partial charge on any atom is -0.463 e. The summed E-state index contributed by atoms with van der Waals surface area (Å²) in [6, 6.07) is 4.16. The van der Waals surface area contributed by atoms with Gasteiger partial charge in [0.1, 0.15) is 11.5 Å². The first-order chi connectivity index (χ1) is 9.26. The minimum absolute atomic E-state index is 0.0782. The molecule has 0 saturated carbocycles. The molecule has 1 N–H and O–H groups in total. The van der Waals surface area contributed by atoms with Crippen molar-refractivity contribution in [3.63, 3.8) is 0 Å². The third-order valence-corrected chi connectivity index (χ3v) is 3.67. The molecule has 1 aliphatic rings. The van der Waals surface area contributed by atoms with E-state index in [-0.39, 0.29) is 11.1 Å². The van der Waals surface area contributed by atoms with Gasteiger partial charge in [0.2, 0.25) is 0 Å². The number of rotatable bonds is 4. The second-order valence-corrected chi connectivity index (χ2v) is 7.26. The summed E-state index contributed by atoms with van der Waals surface area (Å²) in [7, 11) is 0. The second kappa shape index (κ2) is 5.88. The zero-order chi connectivity index (χ0) is 14.8. The summed E-state index contributed by atoms with van der Waals surface area (Å²) in [4.78, 5) is 2.43. The molecular formula is C16H28N2O2. The first kappa shape index (κ1) is 15.5. The quantitative estimate of drug-likeness (QED) is 0.920. The average Bonchev–Trinajstić information content (AvgIpc) is 2.76. The van der Waals surface area contributed by atoms with Gasteiger partial charge in [-0.05, 0) is 46.8 Å². The van der Waals surface area contributed by atoms with Crippen LogP contribution in [0.1, 0.15) is 46.1 Å². The third-order valence-electron chi connectivity index (χ3n) is 3.67. The first-order valence-electron chi connectivity index (χ1n) is 7.42. The normalized spacial score (nSPS) is 20.2. The van der Waals surface area contributed by atoms with Crippen molar-refractivity contribution in [2.75, 3.05) is 19.8 Å². The standard InChI is InChI=1S/C16H28N2O2/c1-15(2,3)17-10-13-6-7-14(20-13)11-18-8-9-19-12-16(18,4)5/h6-7,17H,8-12H2,1-5H3. The van der Waals surface area contributed by atoms with Crippen LogP contribution in [0.4, 0.5) is 0 Å². The molecule has 0 bridgehead atoms. The molecule has 2 rings (SSSR count). The molecule has 0 radical (unpaired) electrons. The van der Waals surface area contributed by atoms with E-state index in [4.69, 9.17) is 9.15 Å². The molecule has 0 spiro atoms. The van der Waals surface area contributed by atoms with Crippen molar-refractivity contribution in [1.82, 2.24) is 10.2 Å². The van der Waals surface area contributed by atoms with Crippen LogP contribution in [0, 0.1) is 0 Å². The average molecular weight is 280 g/mol. The van der Waals surface area contributed by atoms with Gasteiger partial charge in [0.15, 0.2) is 0 Å². The van der Waals surface area contributed by atoms with E-state index in [1.807, 2.05) is 0 Å². The van der Waals surface area contributed by atoms with E-state index in [2.05, 4.69) is 57.0 Å². The fourth-order valence-corrected chi connectivity index (χ4v) is 2.33. The highest BCUT2D eigenvalue weighted by Crippen LogP contribution is 2.22. The van der Waals surface area contributed by atoms with E-state index in [9.17, 15) is 0 Å². The van der Waals surface area contributed by atoms with E-state index < -0.39 is 0 Å². The van der Waals surface area contributed by atoms with Gasteiger partial charge in [-0.1, -0.05) is 0 Å². The van der Waals surface area contributed by atoms with Crippen molar-refractivity contribution in [1.29, 1.82) is 0 Å². The van der Waals surface area contributed by atoms with E-state index in [0.717, 1.165) is 44.4 Å². The highest BCUT2D eigenvalue weighted by molar-refractivity contribution is 5.08. The van der Waals surface area contributed by atoms with Gasteiger partial charge >= 0.3 is 0 Å². The van der Waals surface area contributed by atoms with Crippen molar-refractivity contribution >= 4 is 0 Å². The van der Waals surface area contributed by atoms with Crippen LogP contribution in [0.15, 0.2) is 16.5 Å². The Hall–Kier alpha value is -0.840. The smallest absolute Gasteiger partial charge is 0.118 e. The summed E-state index contributed by atoms with van der Waals surface area (Å²) in [5.41, 5.74) is 0.189. The summed E-state index contributed by atoms with van der Waals surface area (Å²) < 4.78 is 11.5. The van der Waals surface area contributed by atoms with Crippen LogP contribution in [0.2, 0.25) is 0 Å². The van der Waals surface area contributed by atoms with Crippen LogP contribution in [0.5, 0.6) is 0 Å². The van der Waals surface area contributed by atoms with Crippen LogP contribution in [-0.2, 0) is 17.8 Å². The highest BCUT2D eigenvalue weighted by atomic mass is 16.5. The number of ether oxygens (including phenoxy) is 1. The van der Waals surface area contributed by atoms with Gasteiger partial charge in [-0.3, -0.25) is 4.90 Å². The van der Waals surface area contributed by atoms with Gasteiger partial charge in [0.05, 0.1) is 26.3 Å². The summed E-state index contributed by atoms with van der Waals surface area (Å²) in [6.07, 6.45) is 0. The SMILES string of the molecule is CC(C)(C)NCc1ccc(CN2CCOCC2(C)C)o1. The van der Waals surface area contributed by atoms with E-state index in [1.165, 1.54) is 0 Å². The van der Waals surface area contributed by atoms with Crippen molar-refractivity contribution in [3.8, 4) is 0 Å². The fraction of sp³-hybridized carbons (Fsp3) is 0.750. The summed E-state index contributed by atoms with van der Waals surface area (Å²) in [5, 5.41) is 3.44. The van der Waals surface area contributed by atoms with Gasteiger partial charge in [0.25, 0.3) is 0 Å². The monoisotopic (exact) mass is 280 g/mol. The van der Waals surface area contributed by atoms with Crippen LogP contribution < -0.4 is 5.32 Å². The van der Waals surface area contributed by atoms with Gasteiger partial charge in [-0.2, -0.15) is 0 Å². The predicted molar refractivity (Wildman–Crippen MR) is 80.6 cm³/mol. The van der Waals surface area contributed by atoms with Crippen molar-refractivity contribution in [2.45, 2.75) is 58.8 Å². The Labute approximate surface area is 122 Å². The Bertz CT molecular complexity index is 432. The molecule has 114 valence electrons. The van der Waals surface area contributed by atoms with Crippen LogP contribution >= 0.6 is 0 Å². The topological polar surface area (TPSA) is 37.6 Å². The lowest BCUT2D eigenvalue weighted by Crippen LogP contribution is -2.52. The molecule has 1 aromatic rings. The lowest BCUT2D eigenvalue weighted by molar-refractivity contribution is -0.0578. The van der Waals surface area contributed by atoms with Crippen LogP contribution in [0.3, 0.4) is 0 Å². The Balaban J connectivity index is 1.92. The largest absolute Gasteiger partial charge is 0.463 e. The molecule has 1 aliphatic heterocycles. The second-order valence-electron chi connectivity index (χ2n) is 7.26. The molecule has 0 aromatic carbocycles. The Morgan fingerprint density at radius 2 is 1.95 bits per heavy atom. The van der Waals surface area contributed by atoms with E-state index >= 15 is 0 Å². The zero-order valence-electron chi connectivity index (χ0n) is 13.5. The molecule has 0 unspecified atom stereocenters. The van der Waals surface area contributed by atoms with Gasteiger partial charge in [-0.25, -0.2) is 0 Å². The predicted octanol–water partition coefficient (Wildman–Crippen LogP) is 2.78.